The van der Waals surface area contributed by atoms with Crippen LogP contribution in [0.4, 0.5) is 0 Å². The molecule has 9 rings (SSSR count). The van der Waals surface area contributed by atoms with E-state index in [2.05, 4.69) is 190 Å². The predicted octanol–water partition coefficient (Wildman–Crippen LogP) is 17.7. The molecule has 0 radical (unpaired) electrons. The molecule has 0 aliphatic heterocycles. The van der Waals surface area contributed by atoms with Crippen molar-refractivity contribution >= 4 is 11.0 Å². The normalized spacial score (nSPS) is 13.5. The molecule has 4 nitrogen and oxygen atoms in total. The summed E-state index contributed by atoms with van der Waals surface area (Å²) in [6.07, 6.45) is -0.358. The number of para-hydroxylation sites is 1. The zero-order valence-corrected chi connectivity index (χ0v) is 45.8. The molecule has 5 heteroatoms. The van der Waals surface area contributed by atoms with Gasteiger partial charge in [-0.15, -0.1) is 29.3 Å². The summed E-state index contributed by atoms with van der Waals surface area (Å²) in [5, 5.41) is 12.7. The monoisotopic (exact) mass is 1120 g/mol. The molecule has 0 unspecified atom stereocenters. The molecule has 0 saturated heterocycles. The number of imidazole rings is 1. The fraction of sp³-hybridized carbons (Fsp3) is 0.273. The average Bonchev–Trinajstić information content (AvgIpc) is 3.85. The SMILES string of the molecule is [2H]c1nc(-c2[c-]c(-c3cccc4c3nc(-c3cc(C(C)(C)C)cc(C(C)(C)C)c3O)n4-c3ccc(-c4ccc(C(C)(C)C)cc4)cc3-c3ccccc3)cc(C(C)(C)C)c2)c([2H])c(-c2c(C)c([2H])c([2H])c([2H])c2C)c1[2H].[Pt]. The Labute approximate surface area is 446 Å². The third kappa shape index (κ3) is 10.1. The summed E-state index contributed by atoms with van der Waals surface area (Å²) in [6, 6.07) is 42.8. The standard InChI is InChI=1S/C66H68N3O.Pt/c1-41-20-18-21-42(2)59(41)46-32-33-67-56(38-46)48-34-47(35-50(36-48)64(6,7)8)52-24-19-25-58-60(52)68-62(54-39-51(65(9,10)11)40-55(61(54)70)66(12,13)14)69(58)57-31-28-45(37-53(57)44-22-16-15-17-23-44)43-26-29-49(30-27-43)63(3,4)5;/h15-33,35-40,70H,1-14H3;/q-1;/i18D,20D,21D,32D,33D,38D;. The van der Waals surface area contributed by atoms with Gasteiger partial charge in [0.1, 0.15) is 11.6 Å². The molecule has 0 atom stereocenters. The molecule has 364 valence electrons. The van der Waals surface area contributed by atoms with Gasteiger partial charge in [0.05, 0.1) is 30.5 Å². The van der Waals surface area contributed by atoms with Crippen molar-refractivity contribution in [2.45, 2.75) is 119 Å². The van der Waals surface area contributed by atoms with Gasteiger partial charge in [-0.1, -0.05) is 197 Å². The van der Waals surface area contributed by atoms with Crippen LogP contribution in [0, 0.1) is 19.9 Å². The van der Waals surface area contributed by atoms with Crippen molar-refractivity contribution in [3.05, 3.63) is 191 Å². The van der Waals surface area contributed by atoms with E-state index in [-0.39, 0.29) is 85.3 Å². The van der Waals surface area contributed by atoms with E-state index in [1.165, 1.54) is 5.56 Å². The first-order valence-corrected chi connectivity index (χ1v) is 24.3. The first-order chi connectivity index (χ1) is 35.5. The topological polar surface area (TPSA) is 50.9 Å². The van der Waals surface area contributed by atoms with E-state index < -0.39 is 10.8 Å². The van der Waals surface area contributed by atoms with Gasteiger partial charge in [0.2, 0.25) is 0 Å². The van der Waals surface area contributed by atoms with Crippen LogP contribution in [-0.4, -0.2) is 19.6 Å². The van der Waals surface area contributed by atoms with E-state index in [9.17, 15) is 6.48 Å². The minimum Gasteiger partial charge on any atom is -0.507 e. The second-order valence-corrected chi connectivity index (χ2v) is 22.9. The molecule has 7 aromatic carbocycles. The van der Waals surface area contributed by atoms with Crippen LogP contribution in [0.3, 0.4) is 0 Å². The number of aromatic nitrogens is 3. The van der Waals surface area contributed by atoms with Gasteiger partial charge in [-0.3, -0.25) is 9.55 Å². The van der Waals surface area contributed by atoms with Crippen molar-refractivity contribution in [3.8, 4) is 78.6 Å². The van der Waals surface area contributed by atoms with E-state index in [0.717, 1.165) is 55.7 Å². The van der Waals surface area contributed by atoms with Crippen molar-refractivity contribution in [2.24, 2.45) is 0 Å². The van der Waals surface area contributed by atoms with Gasteiger partial charge in [-0.05, 0) is 116 Å². The van der Waals surface area contributed by atoms with E-state index in [0.29, 0.717) is 44.7 Å². The van der Waals surface area contributed by atoms with Gasteiger partial charge >= 0.3 is 0 Å². The zero-order valence-electron chi connectivity index (χ0n) is 49.6. The van der Waals surface area contributed by atoms with Gasteiger partial charge in [0.15, 0.2) is 0 Å². The largest absolute Gasteiger partial charge is 0.507 e. The number of phenols is 1. The van der Waals surface area contributed by atoms with Crippen LogP contribution in [0.25, 0.3) is 83.9 Å². The molecule has 0 amide bonds. The van der Waals surface area contributed by atoms with Crippen LogP contribution >= 0.6 is 0 Å². The molecule has 0 saturated carbocycles. The number of pyridine rings is 1. The Kier molecular flexibility index (Phi) is 11.6. The van der Waals surface area contributed by atoms with E-state index in [1.807, 2.05) is 24.3 Å². The summed E-state index contributed by atoms with van der Waals surface area (Å²) in [5.74, 6) is 0.714. The maximum absolute atomic E-state index is 12.7. The third-order valence-corrected chi connectivity index (χ3v) is 13.5. The third-order valence-electron chi connectivity index (χ3n) is 13.5. The number of hydrogen-bond acceptors (Lipinski definition) is 3. The van der Waals surface area contributed by atoms with Gasteiger partial charge in [-0.2, -0.15) is 0 Å². The molecule has 9 aromatic rings. The van der Waals surface area contributed by atoms with Gasteiger partial charge < -0.3 is 5.11 Å². The van der Waals surface area contributed by atoms with Gasteiger partial charge in [0.25, 0.3) is 0 Å². The number of rotatable bonds is 7. The molecular formula is C66H68N3OPt-. The van der Waals surface area contributed by atoms with Crippen LogP contribution in [0.2, 0.25) is 0 Å². The fourth-order valence-electron chi connectivity index (χ4n) is 9.32. The number of nitrogens with zero attached hydrogens (tertiary/aromatic N) is 3. The Bertz CT molecular complexity index is 3750. The Morgan fingerprint density at radius 3 is 1.80 bits per heavy atom. The van der Waals surface area contributed by atoms with E-state index >= 15 is 0 Å². The number of fused-ring (bicyclic) bond motifs is 1. The molecule has 2 heterocycles. The molecule has 0 fully saturated rings. The maximum Gasteiger partial charge on any atom is 0.148 e. The zero-order chi connectivity index (χ0) is 55.3. The number of phenolic OH excluding ortho intramolecular Hbond substituents is 1. The van der Waals surface area contributed by atoms with Crippen LogP contribution in [0.1, 0.15) is 125 Å². The van der Waals surface area contributed by atoms with Crippen LogP contribution in [0.5, 0.6) is 5.75 Å². The Morgan fingerprint density at radius 1 is 0.549 bits per heavy atom. The quantitative estimate of drug-likeness (QED) is 0.162. The predicted molar refractivity (Wildman–Crippen MR) is 296 cm³/mol. The van der Waals surface area contributed by atoms with Crippen molar-refractivity contribution in [1.29, 1.82) is 0 Å². The summed E-state index contributed by atoms with van der Waals surface area (Å²) in [6.45, 7) is 29.2. The first-order valence-electron chi connectivity index (χ1n) is 27.3. The fourth-order valence-corrected chi connectivity index (χ4v) is 9.32. The minimum absolute atomic E-state index is 0. The molecule has 0 bridgehead atoms. The van der Waals surface area contributed by atoms with Crippen molar-refractivity contribution in [1.82, 2.24) is 14.5 Å². The van der Waals surface area contributed by atoms with Crippen LogP contribution < -0.4 is 0 Å². The van der Waals surface area contributed by atoms with Crippen molar-refractivity contribution in [3.63, 3.8) is 0 Å². The average molecular weight is 1120 g/mol. The Morgan fingerprint density at radius 2 is 1.17 bits per heavy atom. The van der Waals surface area contributed by atoms with Crippen LogP contribution in [-0.2, 0) is 42.7 Å². The molecular weight excluding hydrogens is 1050 g/mol. The molecule has 2 aromatic heterocycles. The molecule has 1 N–H and O–H groups in total. The van der Waals surface area contributed by atoms with Gasteiger partial charge in [0, 0.05) is 44.1 Å². The number of hydrogen-bond donors (Lipinski definition) is 1. The Balaban J connectivity index is 0.00000784. The summed E-state index contributed by atoms with van der Waals surface area (Å²) in [7, 11) is 0. The summed E-state index contributed by atoms with van der Waals surface area (Å²) < 4.78 is 55.8. The molecule has 0 aliphatic carbocycles. The number of benzene rings is 7. The van der Waals surface area contributed by atoms with Crippen molar-refractivity contribution < 1.29 is 34.4 Å². The summed E-state index contributed by atoms with van der Waals surface area (Å²) in [5.41, 5.74) is 13.1. The second-order valence-electron chi connectivity index (χ2n) is 22.9. The summed E-state index contributed by atoms with van der Waals surface area (Å²) in [4.78, 5) is 10.2. The van der Waals surface area contributed by atoms with Crippen molar-refractivity contribution in [2.75, 3.05) is 0 Å². The maximum atomic E-state index is 12.7. The van der Waals surface area contributed by atoms with E-state index in [4.69, 9.17) is 11.8 Å². The first kappa shape index (κ1) is 43.4. The van der Waals surface area contributed by atoms with Gasteiger partial charge in [-0.25, -0.2) is 4.98 Å². The second kappa shape index (κ2) is 19.0. The number of aromatic hydroxyl groups is 1. The molecule has 0 aliphatic rings. The summed E-state index contributed by atoms with van der Waals surface area (Å²) >= 11 is 0. The van der Waals surface area contributed by atoms with E-state index in [1.54, 1.807) is 13.8 Å². The Hall–Kier alpha value is -6.35. The molecule has 0 spiro atoms. The minimum atomic E-state index is -0.419. The van der Waals surface area contributed by atoms with Crippen LogP contribution in [0.15, 0.2) is 152 Å². The molecule has 71 heavy (non-hydrogen) atoms. The smallest absolute Gasteiger partial charge is 0.148 e.